The van der Waals surface area contributed by atoms with E-state index in [-0.39, 0.29) is 12.3 Å². The number of nitrogens with zero attached hydrogens (tertiary/aromatic N) is 1. The Labute approximate surface area is 141 Å². The molecule has 0 aliphatic heterocycles. The number of nitrogens with two attached hydrogens (primary N) is 1. The van der Waals surface area contributed by atoms with E-state index < -0.39 is 11.7 Å². The Morgan fingerprint density at radius 3 is 2.42 bits per heavy atom. The van der Waals surface area contributed by atoms with Crippen LogP contribution in [-0.2, 0) is 22.4 Å². The van der Waals surface area contributed by atoms with E-state index in [0.29, 0.717) is 13.0 Å². The minimum Gasteiger partial charge on any atom is -0.433 e. The molecule has 6 heteroatoms. The molecule has 0 spiro atoms. The van der Waals surface area contributed by atoms with Crippen LogP contribution in [0.2, 0.25) is 0 Å². The van der Waals surface area contributed by atoms with Crippen molar-refractivity contribution in [2.24, 2.45) is 5.73 Å². The van der Waals surface area contributed by atoms with Crippen molar-refractivity contribution in [1.29, 1.82) is 0 Å². The second kappa shape index (κ2) is 8.10. The first-order valence-electron chi connectivity index (χ1n) is 7.69. The van der Waals surface area contributed by atoms with Gasteiger partial charge in [-0.25, -0.2) is 4.79 Å². The minimum atomic E-state index is -1.37. The molecule has 2 amide bonds. The molecule has 1 aromatic carbocycles. The Balaban J connectivity index is 2.00. The third-order valence-electron chi connectivity index (χ3n) is 3.64. The van der Waals surface area contributed by atoms with Gasteiger partial charge in [0.25, 0.3) is 5.91 Å². The molecule has 0 bridgehead atoms. The zero-order valence-electron chi connectivity index (χ0n) is 13.6. The Morgan fingerprint density at radius 2 is 1.79 bits per heavy atom. The number of aromatic nitrogens is 1. The molecule has 3 N–H and O–H groups in total. The Kier molecular flexibility index (Phi) is 5.89. The number of carbonyl (C=O) groups is 2. The van der Waals surface area contributed by atoms with E-state index in [2.05, 4.69) is 10.3 Å². The lowest BCUT2D eigenvalue weighted by atomic mass is 9.95. The van der Waals surface area contributed by atoms with Crippen LogP contribution in [0.4, 0.5) is 4.79 Å². The van der Waals surface area contributed by atoms with Crippen LogP contribution in [0, 0.1) is 0 Å². The number of primary amides is 1. The molecule has 24 heavy (non-hydrogen) atoms. The number of hydrogen-bond acceptors (Lipinski definition) is 4. The highest BCUT2D eigenvalue weighted by molar-refractivity contribution is 5.87. The number of pyridine rings is 1. The third-order valence-corrected chi connectivity index (χ3v) is 3.64. The highest BCUT2D eigenvalue weighted by Crippen LogP contribution is 2.18. The number of carbonyl (C=O) groups excluding carboxylic acids is 2. The standard InChI is InChI=1S/C18H21N3O3/c1-18(24-17(19)23,13-15-7-10-20-11-8-15)16(22)21-12-9-14-5-3-2-4-6-14/h2-8,10-11H,9,12-13H2,1H3,(H2,19,23)(H,21,22). The van der Waals surface area contributed by atoms with Gasteiger partial charge in [-0.3, -0.25) is 9.78 Å². The van der Waals surface area contributed by atoms with Crippen LogP contribution in [-0.4, -0.2) is 29.1 Å². The summed E-state index contributed by atoms with van der Waals surface area (Å²) in [7, 11) is 0. The normalized spacial score (nSPS) is 12.9. The molecule has 0 aliphatic rings. The van der Waals surface area contributed by atoms with E-state index in [1.807, 2.05) is 30.3 Å². The van der Waals surface area contributed by atoms with E-state index in [1.54, 1.807) is 31.5 Å². The average Bonchev–Trinajstić information content (AvgIpc) is 2.56. The summed E-state index contributed by atoms with van der Waals surface area (Å²) in [5.41, 5.74) is 5.71. The number of amides is 2. The Bertz CT molecular complexity index is 676. The summed E-state index contributed by atoms with van der Waals surface area (Å²) >= 11 is 0. The Morgan fingerprint density at radius 1 is 1.12 bits per heavy atom. The van der Waals surface area contributed by atoms with E-state index in [4.69, 9.17) is 10.5 Å². The molecular formula is C18H21N3O3. The smallest absolute Gasteiger partial charge is 0.405 e. The SMILES string of the molecule is CC(Cc1ccncc1)(OC(N)=O)C(=O)NCCc1ccccc1. The van der Waals surface area contributed by atoms with E-state index in [0.717, 1.165) is 11.1 Å². The first-order valence-corrected chi connectivity index (χ1v) is 7.69. The molecule has 1 heterocycles. The molecule has 0 aliphatic carbocycles. The van der Waals surface area contributed by atoms with E-state index >= 15 is 0 Å². The number of hydrogen-bond donors (Lipinski definition) is 2. The first-order chi connectivity index (χ1) is 11.5. The summed E-state index contributed by atoms with van der Waals surface area (Å²) < 4.78 is 5.11. The molecule has 6 nitrogen and oxygen atoms in total. The van der Waals surface area contributed by atoms with Crippen molar-refractivity contribution in [2.45, 2.75) is 25.4 Å². The maximum Gasteiger partial charge on any atom is 0.405 e. The summed E-state index contributed by atoms with van der Waals surface area (Å²) in [6.07, 6.45) is 3.16. The predicted molar refractivity (Wildman–Crippen MR) is 90.2 cm³/mol. The molecule has 2 aromatic rings. The Hall–Kier alpha value is -2.89. The molecule has 0 saturated carbocycles. The van der Waals surface area contributed by atoms with E-state index in [9.17, 15) is 9.59 Å². The molecule has 1 unspecified atom stereocenters. The van der Waals surface area contributed by atoms with Crippen molar-refractivity contribution in [3.05, 3.63) is 66.0 Å². The topological polar surface area (TPSA) is 94.3 Å². The lowest BCUT2D eigenvalue weighted by Crippen LogP contribution is -2.50. The van der Waals surface area contributed by atoms with Crippen LogP contribution < -0.4 is 11.1 Å². The van der Waals surface area contributed by atoms with Gasteiger partial charge in [0, 0.05) is 25.4 Å². The molecule has 0 fully saturated rings. The maximum absolute atomic E-state index is 12.5. The minimum absolute atomic E-state index is 0.218. The van der Waals surface area contributed by atoms with Crippen molar-refractivity contribution in [1.82, 2.24) is 10.3 Å². The van der Waals surface area contributed by atoms with Gasteiger partial charge in [0.2, 0.25) is 0 Å². The molecular weight excluding hydrogens is 306 g/mol. The van der Waals surface area contributed by atoms with Crippen LogP contribution in [0.3, 0.4) is 0 Å². The molecule has 0 radical (unpaired) electrons. The zero-order valence-corrected chi connectivity index (χ0v) is 13.6. The summed E-state index contributed by atoms with van der Waals surface area (Å²) in [4.78, 5) is 27.7. The van der Waals surface area contributed by atoms with Gasteiger partial charge < -0.3 is 15.8 Å². The largest absolute Gasteiger partial charge is 0.433 e. The van der Waals surface area contributed by atoms with Crippen LogP contribution in [0.1, 0.15) is 18.1 Å². The fraction of sp³-hybridized carbons (Fsp3) is 0.278. The summed E-state index contributed by atoms with van der Waals surface area (Å²) in [6.45, 7) is 1.99. The van der Waals surface area contributed by atoms with Crippen LogP contribution in [0.5, 0.6) is 0 Å². The van der Waals surface area contributed by atoms with Gasteiger partial charge in [-0.05, 0) is 36.6 Å². The van der Waals surface area contributed by atoms with Gasteiger partial charge >= 0.3 is 6.09 Å². The molecule has 2 rings (SSSR count). The molecule has 126 valence electrons. The van der Waals surface area contributed by atoms with Crippen molar-refractivity contribution in [3.8, 4) is 0 Å². The zero-order chi connectivity index (χ0) is 17.4. The average molecular weight is 327 g/mol. The number of rotatable bonds is 7. The summed E-state index contributed by atoms with van der Waals surface area (Å²) in [5.74, 6) is -0.381. The van der Waals surface area contributed by atoms with Gasteiger partial charge in [-0.1, -0.05) is 30.3 Å². The van der Waals surface area contributed by atoms with Gasteiger partial charge in [0.1, 0.15) is 0 Å². The third kappa shape index (κ3) is 5.08. The highest BCUT2D eigenvalue weighted by Gasteiger charge is 2.37. The second-order valence-corrected chi connectivity index (χ2v) is 5.68. The summed E-state index contributed by atoms with van der Waals surface area (Å²) in [6, 6.07) is 13.3. The van der Waals surface area contributed by atoms with Crippen LogP contribution in [0.25, 0.3) is 0 Å². The number of benzene rings is 1. The fourth-order valence-corrected chi connectivity index (χ4v) is 2.43. The maximum atomic E-state index is 12.5. The first kappa shape index (κ1) is 17.5. The van der Waals surface area contributed by atoms with Crippen LogP contribution in [0.15, 0.2) is 54.9 Å². The molecule has 1 atom stereocenters. The number of nitrogens with one attached hydrogen (secondary N) is 1. The van der Waals surface area contributed by atoms with Crippen molar-refractivity contribution in [3.63, 3.8) is 0 Å². The van der Waals surface area contributed by atoms with Gasteiger partial charge in [0.15, 0.2) is 5.60 Å². The quantitative estimate of drug-likeness (QED) is 0.811. The van der Waals surface area contributed by atoms with Crippen molar-refractivity contribution in [2.75, 3.05) is 6.54 Å². The van der Waals surface area contributed by atoms with Crippen molar-refractivity contribution >= 4 is 12.0 Å². The van der Waals surface area contributed by atoms with Gasteiger partial charge in [-0.15, -0.1) is 0 Å². The lowest BCUT2D eigenvalue weighted by Gasteiger charge is -2.27. The number of ether oxygens (including phenoxy) is 1. The van der Waals surface area contributed by atoms with Crippen molar-refractivity contribution < 1.29 is 14.3 Å². The second-order valence-electron chi connectivity index (χ2n) is 5.68. The van der Waals surface area contributed by atoms with Gasteiger partial charge in [-0.2, -0.15) is 0 Å². The lowest BCUT2D eigenvalue weighted by molar-refractivity contribution is -0.138. The predicted octanol–water partition coefficient (Wildman–Crippen LogP) is 1.84. The van der Waals surface area contributed by atoms with Crippen LogP contribution >= 0.6 is 0 Å². The summed E-state index contributed by atoms with van der Waals surface area (Å²) in [5, 5.41) is 2.81. The van der Waals surface area contributed by atoms with E-state index in [1.165, 1.54) is 0 Å². The monoisotopic (exact) mass is 327 g/mol. The molecule has 1 aromatic heterocycles. The fourth-order valence-electron chi connectivity index (χ4n) is 2.43. The van der Waals surface area contributed by atoms with Gasteiger partial charge in [0.05, 0.1) is 0 Å². The highest BCUT2D eigenvalue weighted by atomic mass is 16.6. The molecule has 0 saturated heterocycles.